The Kier molecular flexibility index (Phi) is 4.29. The van der Waals surface area contributed by atoms with E-state index in [1.54, 1.807) is 38.3 Å². The minimum absolute atomic E-state index is 0.00196. The smallest absolute Gasteiger partial charge is 0.254 e. The van der Waals surface area contributed by atoms with Crippen LogP contribution in [0.3, 0.4) is 0 Å². The van der Waals surface area contributed by atoms with E-state index in [9.17, 15) is 4.79 Å². The minimum atomic E-state index is -0.253. The zero-order valence-corrected chi connectivity index (χ0v) is 9.93. The van der Waals surface area contributed by atoms with Crippen molar-refractivity contribution in [2.45, 2.75) is 6.92 Å². The van der Waals surface area contributed by atoms with Crippen LogP contribution in [-0.4, -0.2) is 19.6 Å². The van der Waals surface area contributed by atoms with Crippen molar-refractivity contribution in [3.63, 3.8) is 0 Å². The maximum absolute atomic E-state index is 11.8. The predicted octanol–water partition coefficient (Wildman–Crippen LogP) is 2.13. The van der Waals surface area contributed by atoms with Gasteiger partial charge in [0.05, 0.1) is 13.2 Å². The fourth-order valence-corrected chi connectivity index (χ4v) is 1.34. The van der Waals surface area contributed by atoms with Gasteiger partial charge in [-0.3, -0.25) is 9.69 Å². The average molecular weight is 230 g/mol. The Morgan fingerprint density at radius 3 is 2.47 bits per heavy atom. The first-order valence-electron chi connectivity index (χ1n) is 5.08. The van der Waals surface area contributed by atoms with Gasteiger partial charge in [-0.05, 0) is 31.2 Å². The quantitative estimate of drug-likeness (QED) is 0.588. The number of nitrogens with zero attached hydrogens (tertiary/aromatic N) is 2. The molecule has 88 valence electrons. The Bertz CT molecular complexity index is 457. The van der Waals surface area contributed by atoms with Crippen molar-refractivity contribution in [2.24, 2.45) is 0 Å². The minimum Gasteiger partial charge on any atom is -0.497 e. The number of carbonyl (C=O) groups is 1. The molecule has 1 aromatic rings. The van der Waals surface area contributed by atoms with Gasteiger partial charge in [-0.15, -0.1) is 0 Å². The summed E-state index contributed by atoms with van der Waals surface area (Å²) in [5.41, 5.74) is 1.05. The lowest BCUT2D eigenvalue weighted by Gasteiger charge is -2.19. The van der Waals surface area contributed by atoms with Crippen molar-refractivity contribution < 1.29 is 9.53 Å². The van der Waals surface area contributed by atoms with Crippen LogP contribution >= 0.6 is 0 Å². The number of hydrogen-bond donors (Lipinski definition) is 0. The molecule has 0 N–H and O–H groups in total. The highest BCUT2D eigenvalue weighted by molar-refractivity contribution is 6.05. The van der Waals surface area contributed by atoms with Crippen molar-refractivity contribution in [1.82, 2.24) is 0 Å². The van der Waals surface area contributed by atoms with E-state index in [0.29, 0.717) is 17.0 Å². The van der Waals surface area contributed by atoms with Gasteiger partial charge in [0.1, 0.15) is 12.3 Å². The van der Waals surface area contributed by atoms with E-state index in [4.69, 9.17) is 10.00 Å². The summed E-state index contributed by atoms with van der Waals surface area (Å²) in [6.45, 7) is 5.21. The maximum atomic E-state index is 11.8. The Morgan fingerprint density at radius 1 is 1.47 bits per heavy atom. The molecular formula is C13H14N2O2. The molecule has 0 heterocycles. The van der Waals surface area contributed by atoms with Gasteiger partial charge in [-0.2, -0.15) is 5.26 Å². The molecule has 0 spiro atoms. The highest BCUT2D eigenvalue weighted by Gasteiger charge is 2.15. The van der Waals surface area contributed by atoms with Crippen LogP contribution in [0, 0.1) is 11.3 Å². The normalized spacial score (nSPS) is 9.24. The van der Waals surface area contributed by atoms with Crippen LogP contribution in [0.2, 0.25) is 0 Å². The topological polar surface area (TPSA) is 53.3 Å². The van der Waals surface area contributed by atoms with E-state index in [-0.39, 0.29) is 12.5 Å². The second kappa shape index (κ2) is 5.71. The van der Waals surface area contributed by atoms with Gasteiger partial charge in [-0.25, -0.2) is 0 Å². The molecule has 1 amide bonds. The molecule has 0 atom stereocenters. The highest BCUT2D eigenvalue weighted by Crippen LogP contribution is 2.20. The van der Waals surface area contributed by atoms with Gasteiger partial charge in [0.25, 0.3) is 5.91 Å². The van der Waals surface area contributed by atoms with E-state index in [2.05, 4.69) is 6.58 Å². The Hall–Kier alpha value is -2.28. The fourth-order valence-electron chi connectivity index (χ4n) is 1.34. The van der Waals surface area contributed by atoms with E-state index in [0.717, 1.165) is 0 Å². The van der Waals surface area contributed by atoms with E-state index >= 15 is 0 Å². The monoisotopic (exact) mass is 230 g/mol. The summed E-state index contributed by atoms with van der Waals surface area (Å²) in [4.78, 5) is 13.2. The maximum Gasteiger partial charge on any atom is 0.254 e. The molecule has 0 saturated carbocycles. The molecule has 1 rings (SSSR count). The first-order chi connectivity index (χ1) is 8.10. The van der Waals surface area contributed by atoms with Crippen LogP contribution in [-0.2, 0) is 4.79 Å². The van der Waals surface area contributed by atoms with Crippen molar-refractivity contribution in [3.8, 4) is 11.8 Å². The second-order valence-electron chi connectivity index (χ2n) is 3.53. The molecule has 0 aliphatic rings. The summed E-state index contributed by atoms with van der Waals surface area (Å²) in [5, 5.41) is 8.73. The second-order valence-corrected chi connectivity index (χ2v) is 3.53. The number of amides is 1. The number of ether oxygens (including phenoxy) is 1. The molecule has 0 bridgehead atoms. The summed E-state index contributed by atoms with van der Waals surface area (Å²) in [6, 6.07) is 8.91. The number of methoxy groups -OCH3 is 1. The van der Waals surface area contributed by atoms with Crippen LogP contribution in [0.5, 0.6) is 5.75 Å². The third kappa shape index (κ3) is 3.08. The molecule has 1 aromatic carbocycles. The van der Waals surface area contributed by atoms with Gasteiger partial charge >= 0.3 is 0 Å². The van der Waals surface area contributed by atoms with Crippen LogP contribution in [0.1, 0.15) is 6.92 Å². The summed E-state index contributed by atoms with van der Waals surface area (Å²) >= 11 is 0. The van der Waals surface area contributed by atoms with Crippen molar-refractivity contribution >= 4 is 11.6 Å². The average Bonchev–Trinajstić information content (AvgIpc) is 2.35. The largest absolute Gasteiger partial charge is 0.497 e. The molecule has 0 aliphatic heterocycles. The molecule has 17 heavy (non-hydrogen) atoms. The number of carbonyl (C=O) groups excluding carboxylic acids is 1. The molecule has 0 aromatic heterocycles. The summed E-state index contributed by atoms with van der Waals surface area (Å²) in [5.74, 6) is 0.449. The van der Waals surface area contributed by atoms with Gasteiger partial charge < -0.3 is 4.74 Å². The SMILES string of the molecule is C=C(C)C(=O)N(CC#N)c1ccc(OC)cc1. The van der Waals surface area contributed by atoms with Crippen LogP contribution in [0.4, 0.5) is 5.69 Å². The summed E-state index contributed by atoms with van der Waals surface area (Å²) < 4.78 is 5.03. The first-order valence-corrected chi connectivity index (χ1v) is 5.08. The first kappa shape index (κ1) is 12.8. The van der Waals surface area contributed by atoms with E-state index < -0.39 is 0 Å². The van der Waals surface area contributed by atoms with E-state index in [1.165, 1.54) is 4.90 Å². The van der Waals surface area contributed by atoms with Crippen LogP contribution < -0.4 is 9.64 Å². The molecular weight excluding hydrogens is 216 g/mol. The number of benzene rings is 1. The zero-order valence-electron chi connectivity index (χ0n) is 9.93. The molecule has 0 radical (unpaired) electrons. The Morgan fingerprint density at radius 2 is 2.06 bits per heavy atom. The third-order valence-corrected chi connectivity index (χ3v) is 2.22. The van der Waals surface area contributed by atoms with Gasteiger partial charge in [0.2, 0.25) is 0 Å². The lowest BCUT2D eigenvalue weighted by Crippen LogP contribution is -2.31. The molecule has 0 fully saturated rings. The molecule has 4 heteroatoms. The number of anilines is 1. The van der Waals surface area contributed by atoms with Gasteiger partial charge in [0.15, 0.2) is 0 Å². The number of hydrogen-bond acceptors (Lipinski definition) is 3. The lowest BCUT2D eigenvalue weighted by molar-refractivity contribution is -0.114. The van der Waals surface area contributed by atoms with Gasteiger partial charge in [0, 0.05) is 11.3 Å². The van der Waals surface area contributed by atoms with Crippen molar-refractivity contribution in [1.29, 1.82) is 5.26 Å². The zero-order chi connectivity index (χ0) is 12.8. The highest BCUT2D eigenvalue weighted by atomic mass is 16.5. The summed E-state index contributed by atoms with van der Waals surface area (Å²) in [7, 11) is 1.57. The Labute approximate surface area is 101 Å². The van der Waals surface area contributed by atoms with Crippen molar-refractivity contribution in [2.75, 3.05) is 18.6 Å². The molecule has 0 aliphatic carbocycles. The summed E-state index contributed by atoms with van der Waals surface area (Å²) in [6.07, 6.45) is 0. The fraction of sp³-hybridized carbons (Fsp3) is 0.231. The molecule has 4 nitrogen and oxygen atoms in total. The third-order valence-electron chi connectivity index (χ3n) is 2.22. The standard InChI is InChI=1S/C13H14N2O2/c1-10(2)13(16)15(9-8-14)11-4-6-12(17-3)7-5-11/h4-7H,1,9H2,2-3H3. The Balaban J connectivity index is 3.01. The predicted molar refractivity (Wildman–Crippen MR) is 65.8 cm³/mol. The number of rotatable bonds is 4. The van der Waals surface area contributed by atoms with Crippen LogP contribution in [0.15, 0.2) is 36.4 Å². The van der Waals surface area contributed by atoms with Gasteiger partial charge in [-0.1, -0.05) is 6.58 Å². The molecule has 0 saturated heterocycles. The lowest BCUT2D eigenvalue weighted by atomic mass is 10.2. The van der Waals surface area contributed by atoms with Crippen LogP contribution in [0.25, 0.3) is 0 Å². The van der Waals surface area contributed by atoms with E-state index in [1.807, 2.05) is 6.07 Å². The number of nitriles is 1. The molecule has 0 unspecified atom stereocenters. The van der Waals surface area contributed by atoms with Crippen molar-refractivity contribution in [3.05, 3.63) is 36.4 Å².